The maximum absolute atomic E-state index is 11.3. The van der Waals surface area contributed by atoms with Crippen LogP contribution >= 0.6 is 0 Å². The highest BCUT2D eigenvalue weighted by atomic mass is 16.1. The minimum atomic E-state index is 0.0247. The van der Waals surface area contributed by atoms with E-state index in [2.05, 4.69) is 17.8 Å². The fraction of sp³-hybridized carbons (Fsp3) is 0.357. The molecule has 0 aliphatic heterocycles. The van der Waals surface area contributed by atoms with Gasteiger partial charge in [-0.15, -0.1) is 24.2 Å². The van der Waals surface area contributed by atoms with Crippen LogP contribution in [0.1, 0.15) is 25.7 Å². The summed E-state index contributed by atoms with van der Waals surface area (Å²) in [6, 6.07) is 5.15. The van der Waals surface area contributed by atoms with Crippen LogP contribution in [-0.2, 0) is 6.54 Å². The standard InChI is InChI=1S/C14H15NO/c1-2-3-4-5-6-7-9-12-15-13-10-8-11-14(15)16/h1,8,10-11,13H,3-5,9,12H2. The molecule has 0 saturated carbocycles. The van der Waals surface area contributed by atoms with Crippen molar-refractivity contribution in [2.45, 2.75) is 32.2 Å². The zero-order chi connectivity index (χ0) is 11.6. The molecule has 0 fully saturated rings. The molecule has 1 rings (SSSR count). The van der Waals surface area contributed by atoms with Crippen molar-refractivity contribution in [1.82, 2.24) is 4.57 Å². The number of hydrogen-bond donors (Lipinski definition) is 0. The monoisotopic (exact) mass is 213 g/mol. The first-order valence-electron chi connectivity index (χ1n) is 5.39. The highest BCUT2D eigenvalue weighted by molar-refractivity contribution is 5.00. The molecule has 0 aliphatic carbocycles. The molecule has 0 atom stereocenters. The third-order valence-electron chi connectivity index (χ3n) is 2.12. The SMILES string of the molecule is C#CCCCC#CCCn1ccccc1=O. The predicted molar refractivity (Wildman–Crippen MR) is 65.8 cm³/mol. The number of terminal acetylenes is 1. The Kier molecular flexibility index (Phi) is 5.59. The van der Waals surface area contributed by atoms with Crippen LogP contribution in [0, 0.1) is 24.2 Å². The van der Waals surface area contributed by atoms with Gasteiger partial charge in [-0.1, -0.05) is 6.07 Å². The van der Waals surface area contributed by atoms with Gasteiger partial charge in [0.25, 0.3) is 5.56 Å². The second-order valence-electron chi connectivity index (χ2n) is 3.39. The summed E-state index contributed by atoms with van der Waals surface area (Å²) in [7, 11) is 0. The molecule has 0 unspecified atom stereocenters. The van der Waals surface area contributed by atoms with Crippen LogP contribution in [0.4, 0.5) is 0 Å². The number of unbranched alkanes of at least 4 members (excludes halogenated alkanes) is 2. The Labute approximate surface area is 96.3 Å². The molecule has 0 aromatic carbocycles. The first kappa shape index (κ1) is 12.1. The van der Waals surface area contributed by atoms with E-state index in [0.717, 1.165) is 19.3 Å². The Hall–Kier alpha value is -1.93. The average molecular weight is 213 g/mol. The number of hydrogen-bond acceptors (Lipinski definition) is 1. The maximum atomic E-state index is 11.3. The fourth-order valence-corrected chi connectivity index (χ4v) is 1.28. The van der Waals surface area contributed by atoms with Gasteiger partial charge in [-0.3, -0.25) is 4.79 Å². The van der Waals surface area contributed by atoms with Crippen molar-refractivity contribution < 1.29 is 0 Å². The summed E-state index contributed by atoms with van der Waals surface area (Å²) in [5.74, 6) is 8.67. The Balaban J connectivity index is 2.28. The molecule has 0 radical (unpaired) electrons. The van der Waals surface area contributed by atoms with E-state index in [1.54, 1.807) is 22.9 Å². The normalized spacial score (nSPS) is 8.94. The van der Waals surface area contributed by atoms with E-state index in [1.165, 1.54) is 0 Å². The highest BCUT2D eigenvalue weighted by Crippen LogP contribution is 1.92. The van der Waals surface area contributed by atoms with Crippen LogP contribution < -0.4 is 5.56 Å². The van der Waals surface area contributed by atoms with Crippen molar-refractivity contribution >= 4 is 0 Å². The molecule has 1 heterocycles. The second kappa shape index (κ2) is 7.37. The Morgan fingerprint density at radius 1 is 1.19 bits per heavy atom. The van der Waals surface area contributed by atoms with Crippen LogP contribution in [0.15, 0.2) is 29.2 Å². The molecule has 0 spiro atoms. The molecule has 16 heavy (non-hydrogen) atoms. The van der Waals surface area contributed by atoms with Gasteiger partial charge in [0.2, 0.25) is 0 Å². The van der Waals surface area contributed by atoms with Gasteiger partial charge in [0.05, 0.1) is 0 Å². The lowest BCUT2D eigenvalue weighted by Crippen LogP contribution is -2.17. The largest absolute Gasteiger partial charge is 0.315 e. The van der Waals surface area contributed by atoms with Crippen molar-refractivity contribution in [1.29, 1.82) is 0 Å². The molecule has 1 aromatic rings. The van der Waals surface area contributed by atoms with Gasteiger partial charge in [-0.2, -0.15) is 0 Å². The number of nitrogens with zero attached hydrogens (tertiary/aromatic N) is 1. The summed E-state index contributed by atoms with van der Waals surface area (Å²) < 4.78 is 1.66. The topological polar surface area (TPSA) is 22.0 Å². The van der Waals surface area contributed by atoms with Crippen LogP contribution in [-0.4, -0.2) is 4.57 Å². The van der Waals surface area contributed by atoms with Crippen molar-refractivity contribution in [2.24, 2.45) is 0 Å². The molecular weight excluding hydrogens is 198 g/mol. The first-order chi connectivity index (χ1) is 7.84. The molecule has 0 bridgehead atoms. The van der Waals surface area contributed by atoms with E-state index < -0.39 is 0 Å². The van der Waals surface area contributed by atoms with E-state index >= 15 is 0 Å². The van der Waals surface area contributed by atoms with Crippen molar-refractivity contribution in [3.63, 3.8) is 0 Å². The van der Waals surface area contributed by atoms with E-state index in [9.17, 15) is 4.79 Å². The van der Waals surface area contributed by atoms with Gasteiger partial charge >= 0.3 is 0 Å². The van der Waals surface area contributed by atoms with Gasteiger partial charge in [-0.05, 0) is 12.5 Å². The summed E-state index contributed by atoms with van der Waals surface area (Å²) >= 11 is 0. The predicted octanol–water partition coefficient (Wildman–Crippen LogP) is 2.05. The molecule has 0 amide bonds. The molecule has 0 saturated heterocycles. The fourth-order valence-electron chi connectivity index (χ4n) is 1.28. The van der Waals surface area contributed by atoms with Crippen LogP contribution in [0.2, 0.25) is 0 Å². The second-order valence-corrected chi connectivity index (χ2v) is 3.39. The molecule has 2 nitrogen and oxygen atoms in total. The Bertz CT molecular complexity index is 468. The summed E-state index contributed by atoms with van der Waals surface area (Å²) in [5.41, 5.74) is 0.0247. The number of pyridine rings is 1. The number of rotatable bonds is 4. The lowest BCUT2D eigenvalue weighted by molar-refractivity contribution is 0.689. The number of aryl methyl sites for hydroxylation is 1. The van der Waals surface area contributed by atoms with Crippen LogP contribution in [0.25, 0.3) is 0 Å². The van der Waals surface area contributed by atoms with E-state index in [0.29, 0.717) is 13.0 Å². The first-order valence-corrected chi connectivity index (χ1v) is 5.39. The average Bonchev–Trinajstić information content (AvgIpc) is 2.30. The zero-order valence-corrected chi connectivity index (χ0v) is 9.28. The zero-order valence-electron chi connectivity index (χ0n) is 9.28. The van der Waals surface area contributed by atoms with E-state index in [4.69, 9.17) is 6.42 Å². The summed E-state index contributed by atoms with van der Waals surface area (Å²) in [6.07, 6.45) is 10.2. The van der Waals surface area contributed by atoms with E-state index in [1.807, 2.05) is 6.07 Å². The Morgan fingerprint density at radius 3 is 2.75 bits per heavy atom. The smallest absolute Gasteiger partial charge is 0.250 e. The molecule has 1 aromatic heterocycles. The van der Waals surface area contributed by atoms with Gasteiger partial charge < -0.3 is 4.57 Å². The summed E-state index contributed by atoms with van der Waals surface area (Å²) in [6.45, 7) is 0.655. The summed E-state index contributed by atoms with van der Waals surface area (Å²) in [5, 5.41) is 0. The molecule has 0 aliphatic rings. The third kappa shape index (κ3) is 4.53. The molecule has 82 valence electrons. The van der Waals surface area contributed by atoms with Crippen LogP contribution in [0.5, 0.6) is 0 Å². The lowest BCUT2D eigenvalue weighted by Gasteiger charge is -1.99. The third-order valence-corrected chi connectivity index (χ3v) is 2.12. The molecular formula is C14H15NO. The molecule has 2 heteroatoms. The van der Waals surface area contributed by atoms with Crippen molar-refractivity contribution in [3.8, 4) is 24.2 Å². The lowest BCUT2D eigenvalue weighted by atomic mass is 10.2. The Morgan fingerprint density at radius 2 is 2.00 bits per heavy atom. The van der Waals surface area contributed by atoms with Gasteiger partial charge in [0.15, 0.2) is 0 Å². The maximum Gasteiger partial charge on any atom is 0.250 e. The quantitative estimate of drug-likeness (QED) is 0.554. The van der Waals surface area contributed by atoms with Gasteiger partial charge in [0, 0.05) is 38.1 Å². The van der Waals surface area contributed by atoms with Crippen molar-refractivity contribution in [3.05, 3.63) is 34.7 Å². The van der Waals surface area contributed by atoms with E-state index in [-0.39, 0.29) is 5.56 Å². The number of aromatic nitrogens is 1. The minimum Gasteiger partial charge on any atom is -0.315 e. The van der Waals surface area contributed by atoms with Gasteiger partial charge in [-0.25, -0.2) is 0 Å². The molecule has 0 N–H and O–H groups in total. The highest BCUT2D eigenvalue weighted by Gasteiger charge is 1.90. The minimum absolute atomic E-state index is 0.0247. The van der Waals surface area contributed by atoms with Crippen molar-refractivity contribution in [2.75, 3.05) is 0 Å². The van der Waals surface area contributed by atoms with Crippen LogP contribution in [0.3, 0.4) is 0 Å². The van der Waals surface area contributed by atoms with Gasteiger partial charge in [0.1, 0.15) is 0 Å². The summed E-state index contributed by atoms with van der Waals surface area (Å²) in [4.78, 5) is 11.3.